The van der Waals surface area contributed by atoms with E-state index in [0.29, 0.717) is 19.0 Å². The molecular formula is C34H38FN5O7. The Labute approximate surface area is 272 Å². The molecule has 13 heteroatoms. The van der Waals surface area contributed by atoms with Crippen LogP contribution in [0, 0.1) is 22.9 Å². The van der Waals surface area contributed by atoms with E-state index in [4.69, 9.17) is 9.57 Å². The Bertz CT molecular complexity index is 1520. The second-order valence-electron chi connectivity index (χ2n) is 11.7. The predicted molar refractivity (Wildman–Crippen MR) is 167 cm³/mol. The van der Waals surface area contributed by atoms with Crippen molar-refractivity contribution in [3.05, 3.63) is 101 Å². The van der Waals surface area contributed by atoms with Crippen LogP contribution in [-0.2, 0) is 37.2 Å². The van der Waals surface area contributed by atoms with Crippen LogP contribution in [0.5, 0.6) is 0 Å². The zero-order valence-electron chi connectivity index (χ0n) is 25.9. The van der Waals surface area contributed by atoms with Crippen molar-refractivity contribution in [3.8, 4) is 0 Å². The first-order valence-corrected chi connectivity index (χ1v) is 15.7. The number of halogens is 1. The molecule has 1 aromatic heterocycles. The van der Waals surface area contributed by atoms with Gasteiger partial charge in [0, 0.05) is 19.0 Å². The fraction of sp³-hybridized carbons (Fsp3) is 0.382. The van der Waals surface area contributed by atoms with E-state index in [1.165, 1.54) is 0 Å². The number of carbonyl (C=O) groups excluding carboxylic acids is 4. The Kier molecular flexibility index (Phi) is 11.3. The van der Waals surface area contributed by atoms with Crippen molar-refractivity contribution in [1.29, 1.82) is 0 Å². The second kappa shape index (κ2) is 16.0. The average molecular weight is 648 g/mol. The highest BCUT2D eigenvalue weighted by Gasteiger charge is 2.47. The zero-order chi connectivity index (χ0) is 33.2. The molecule has 5 rings (SSSR count). The maximum atomic E-state index is 14.5. The molecule has 0 radical (unpaired) electrons. The van der Waals surface area contributed by atoms with Crippen molar-refractivity contribution < 1.29 is 37.9 Å². The van der Waals surface area contributed by atoms with Gasteiger partial charge in [0.2, 0.25) is 12.3 Å². The number of nitrogens with one attached hydrogen (secondary N) is 1. The molecule has 1 aliphatic carbocycles. The van der Waals surface area contributed by atoms with E-state index in [9.17, 15) is 28.8 Å². The minimum Gasteiger partial charge on any atom is -0.711 e. The number of hydrogen-bond donors (Lipinski definition) is 1. The van der Waals surface area contributed by atoms with Crippen LogP contribution in [0.25, 0.3) is 0 Å². The first-order valence-electron chi connectivity index (χ1n) is 15.7. The number of amides is 4. The van der Waals surface area contributed by atoms with E-state index in [1.54, 1.807) is 24.3 Å². The second-order valence-corrected chi connectivity index (χ2v) is 11.7. The van der Waals surface area contributed by atoms with Crippen LogP contribution in [0.15, 0.2) is 79.0 Å². The Morgan fingerprint density at radius 2 is 1.64 bits per heavy atom. The van der Waals surface area contributed by atoms with Crippen LogP contribution in [0.1, 0.15) is 49.7 Å². The van der Waals surface area contributed by atoms with Crippen molar-refractivity contribution in [2.75, 3.05) is 18.4 Å². The molecule has 2 heterocycles. The van der Waals surface area contributed by atoms with Crippen LogP contribution < -0.4 is 10.0 Å². The van der Waals surface area contributed by atoms with Crippen LogP contribution in [-0.4, -0.2) is 58.5 Å². The molecule has 1 saturated carbocycles. The molecule has 2 fully saturated rings. The lowest BCUT2D eigenvalue weighted by molar-refractivity contribution is -0.591. The van der Waals surface area contributed by atoms with Gasteiger partial charge in [0.05, 0.1) is 12.5 Å². The molecule has 47 heavy (non-hydrogen) atoms. The highest BCUT2D eigenvalue weighted by atomic mass is 19.1. The molecule has 2 aliphatic rings. The molecule has 4 amide bonds. The lowest BCUT2D eigenvalue weighted by atomic mass is 9.92. The third-order valence-corrected chi connectivity index (χ3v) is 8.44. The van der Waals surface area contributed by atoms with Gasteiger partial charge in [-0.05, 0) is 29.5 Å². The number of aromatic nitrogens is 1. The van der Waals surface area contributed by atoms with Gasteiger partial charge < -0.3 is 9.94 Å². The highest BCUT2D eigenvalue weighted by Crippen LogP contribution is 2.33. The Balaban J connectivity index is 1.39. The monoisotopic (exact) mass is 647 g/mol. The summed E-state index contributed by atoms with van der Waals surface area (Å²) in [5.74, 6) is -2.94. The summed E-state index contributed by atoms with van der Waals surface area (Å²) in [6, 6.07) is 19.2. The number of carbonyl (C=O) groups is 4. The van der Waals surface area contributed by atoms with Gasteiger partial charge in [-0.15, -0.1) is 0 Å². The van der Waals surface area contributed by atoms with E-state index in [2.05, 4.69) is 5.32 Å². The van der Waals surface area contributed by atoms with Gasteiger partial charge in [0.1, 0.15) is 19.4 Å². The van der Waals surface area contributed by atoms with Crippen LogP contribution in [0.3, 0.4) is 0 Å². The number of anilines is 1. The van der Waals surface area contributed by atoms with Crippen molar-refractivity contribution >= 4 is 30.1 Å². The van der Waals surface area contributed by atoms with Gasteiger partial charge in [-0.3, -0.25) is 14.4 Å². The van der Waals surface area contributed by atoms with Gasteiger partial charge >= 0.3 is 12.0 Å². The molecule has 12 nitrogen and oxygen atoms in total. The maximum Gasteiger partial charge on any atom is 0.429 e. The van der Waals surface area contributed by atoms with Crippen molar-refractivity contribution in [2.24, 2.45) is 11.8 Å². The fourth-order valence-corrected chi connectivity index (χ4v) is 6.06. The van der Waals surface area contributed by atoms with E-state index >= 15 is 0 Å². The van der Waals surface area contributed by atoms with E-state index < -0.39 is 35.7 Å². The quantitative estimate of drug-likeness (QED) is 0.126. The van der Waals surface area contributed by atoms with Crippen molar-refractivity contribution in [2.45, 2.75) is 57.8 Å². The summed E-state index contributed by atoms with van der Waals surface area (Å²) in [5.41, 5.74) is 1.57. The third kappa shape index (κ3) is 8.82. The van der Waals surface area contributed by atoms with E-state index in [0.717, 1.165) is 64.0 Å². The zero-order valence-corrected chi connectivity index (χ0v) is 25.9. The SMILES string of the molecule is O=CN(C[C@@H](CC1CCCC1)C(=O)N1C(C(=O)Nc2ccc(F)c[n+]2[O-])CCN1C(=O)OCc1ccccc1)OCc1ccccc1. The minimum absolute atomic E-state index is 0.0176. The normalized spacial score (nSPS) is 16.9. The van der Waals surface area contributed by atoms with E-state index in [1.807, 2.05) is 36.4 Å². The summed E-state index contributed by atoms with van der Waals surface area (Å²) in [7, 11) is 0. The van der Waals surface area contributed by atoms with Gasteiger partial charge in [-0.1, -0.05) is 86.3 Å². The summed E-state index contributed by atoms with van der Waals surface area (Å²) < 4.78 is 19.3. The number of hydrazine groups is 1. The lowest BCUT2D eigenvalue weighted by Crippen LogP contribution is -2.55. The first kappa shape index (κ1) is 33.3. The van der Waals surface area contributed by atoms with Gasteiger partial charge in [-0.2, -0.15) is 0 Å². The Hall–Kier alpha value is -5.04. The standard InChI is InChI=1S/C34H38FN5O7/c35-29-15-16-31(39(45)21-29)36-32(42)30-17-18-38(34(44)46-22-26-11-3-1-4-12-26)40(30)33(43)28(19-25-9-7-8-10-25)20-37(24-41)47-23-27-13-5-2-6-14-27/h1-6,11-16,21,24-25,28,30H,7-10,17-20,22-23H2,(H,36,42)/t28-,30?/m1/s1. The lowest BCUT2D eigenvalue weighted by Gasteiger charge is -2.34. The number of rotatable bonds is 13. The molecule has 1 unspecified atom stereocenters. The van der Waals surface area contributed by atoms with Crippen LogP contribution in [0.2, 0.25) is 0 Å². The molecule has 1 aliphatic heterocycles. The number of nitrogens with zero attached hydrogens (tertiary/aromatic N) is 4. The number of ether oxygens (including phenoxy) is 1. The average Bonchev–Trinajstić information content (AvgIpc) is 3.77. The minimum atomic E-state index is -1.20. The third-order valence-electron chi connectivity index (χ3n) is 8.44. The molecular weight excluding hydrogens is 609 g/mol. The molecule has 3 aromatic rings. The molecule has 0 bridgehead atoms. The van der Waals surface area contributed by atoms with Crippen molar-refractivity contribution in [1.82, 2.24) is 15.1 Å². The topological polar surface area (TPSA) is 135 Å². The number of hydroxylamine groups is 2. The van der Waals surface area contributed by atoms with Crippen LogP contribution >= 0.6 is 0 Å². The van der Waals surface area contributed by atoms with Gasteiger partial charge in [-0.25, -0.2) is 39.1 Å². The van der Waals surface area contributed by atoms with Gasteiger partial charge in [0.25, 0.3) is 5.82 Å². The molecule has 1 N–H and O–H groups in total. The molecule has 2 aromatic carbocycles. The maximum absolute atomic E-state index is 14.5. The number of pyridine rings is 1. The summed E-state index contributed by atoms with van der Waals surface area (Å²) in [5, 5.41) is 18.0. The largest absolute Gasteiger partial charge is 0.711 e. The molecule has 0 spiro atoms. The first-order chi connectivity index (χ1) is 22.8. The molecule has 1 saturated heterocycles. The number of benzene rings is 2. The van der Waals surface area contributed by atoms with Crippen LogP contribution in [0.4, 0.5) is 15.0 Å². The molecule has 248 valence electrons. The van der Waals surface area contributed by atoms with Gasteiger partial charge in [0.15, 0.2) is 11.9 Å². The summed E-state index contributed by atoms with van der Waals surface area (Å²) >= 11 is 0. The predicted octanol–water partition coefficient (Wildman–Crippen LogP) is 4.34. The Morgan fingerprint density at radius 1 is 0.979 bits per heavy atom. The number of hydrogen-bond acceptors (Lipinski definition) is 7. The van der Waals surface area contributed by atoms with E-state index in [-0.39, 0.29) is 49.2 Å². The van der Waals surface area contributed by atoms with Crippen molar-refractivity contribution in [3.63, 3.8) is 0 Å². The summed E-state index contributed by atoms with van der Waals surface area (Å²) in [4.78, 5) is 59.5. The Morgan fingerprint density at radius 3 is 2.28 bits per heavy atom. The fourth-order valence-electron chi connectivity index (χ4n) is 6.06. The summed E-state index contributed by atoms with van der Waals surface area (Å²) in [6.07, 6.45) is 4.68. The smallest absolute Gasteiger partial charge is 0.429 e. The highest BCUT2D eigenvalue weighted by molar-refractivity contribution is 5.97. The molecule has 2 atom stereocenters. The summed E-state index contributed by atoms with van der Waals surface area (Å²) in [6.45, 7) is -0.0831.